The molecule has 0 saturated carbocycles. The maximum atomic E-state index is 9.13. The quantitative estimate of drug-likeness (QED) is 0.821. The van der Waals surface area contributed by atoms with Crippen molar-refractivity contribution in [3.63, 3.8) is 0 Å². The van der Waals surface area contributed by atoms with Gasteiger partial charge in [0.2, 0.25) is 0 Å². The minimum absolute atomic E-state index is 0.101. The Balaban J connectivity index is 2.14. The molecule has 0 saturated heterocycles. The lowest BCUT2D eigenvalue weighted by molar-refractivity contribution is 0.262. The van der Waals surface area contributed by atoms with Crippen molar-refractivity contribution in [2.24, 2.45) is 5.73 Å². The van der Waals surface area contributed by atoms with Gasteiger partial charge in [-0.2, -0.15) is 0 Å². The predicted octanol–water partition coefficient (Wildman–Crippen LogP) is 2.66. The average molecular weight is 287 g/mol. The van der Waals surface area contributed by atoms with Crippen molar-refractivity contribution in [3.05, 3.63) is 59.7 Å². The molecule has 2 aromatic carbocycles. The Hall–Kier alpha value is -2.04. The number of nitrogens with two attached hydrogens (primary N) is 1. The number of hydrogen-bond acceptors (Lipinski definition) is 4. The van der Waals surface area contributed by atoms with Gasteiger partial charge in [-0.25, -0.2) is 0 Å². The third-order valence-corrected chi connectivity index (χ3v) is 3.13. The van der Waals surface area contributed by atoms with E-state index in [1.807, 2.05) is 55.5 Å². The highest BCUT2D eigenvalue weighted by Crippen LogP contribution is 2.30. The zero-order valence-corrected chi connectivity index (χ0v) is 12.2. The van der Waals surface area contributed by atoms with Crippen LogP contribution in [0.1, 0.15) is 24.1 Å². The van der Waals surface area contributed by atoms with Gasteiger partial charge in [-0.1, -0.05) is 36.4 Å². The first-order valence-electron chi connectivity index (χ1n) is 7.04. The van der Waals surface area contributed by atoms with Crippen LogP contribution in [0, 0.1) is 0 Å². The molecule has 0 amide bonds. The second-order valence-corrected chi connectivity index (χ2v) is 4.70. The molecule has 1 atom stereocenters. The van der Waals surface area contributed by atoms with Crippen LogP contribution in [0.25, 0.3) is 0 Å². The molecular weight excluding hydrogens is 266 g/mol. The zero-order valence-electron chi connectivity index (χ0n) is 12.2. The van der Waals surface area contributed by atoms with Crippen molar-refractivity contribution in [2.45, 2.75) is 19.6 Å². The first-order valence-corrected chi connectivity index (χ1v) is 7.04. The van der Waals surface area contributed by atoms with E-state index >= 15 is 0 Å². The first-order chi connectivity index (χ1) is 10.2. The maximum Gasteiger partial charge on any atom is 0.161 e. The Morgan fingerprint density at radius 3 is 2.48 bits per heavy atom. The van der Waals surface area contributed by atoms with Crippen LogP contribution in [0.5, 0.6) is 11.5 Å². The minimum atomic E-state index is -0.410. The van der Waals surface area contributed by atoms with Crippen LogP contribution >= 0.6 is 0 Å². The first kappa shape index (κ1) is 15.4. The van der Waals surface area contributed by atoms with Crippen LogP contribution in [0.3, 0.4) is 0 Å². The Labute approximate surface area is 125 Å². The van der Waals surface area contributed by atoms with Crippen molar-refractivity contribution in [2.75, 3.05) is 13.2 Å². The molecule has 0 aromatic heterocycles. The molecule has 4 heteroatoms. The monoisotopic (exact) mass is 287 g/mol. The molecule has 0 unspecified atom stereocenters. The lowest BCUT2D eigenvalue weighted by atomic mass is 10.1. The second-order valence-electron chi connectivity index (χ2n) is 4.70. The number of rotatable bonds is 7. The van der Waals surface area contributed by atoms with Gasteiger partial charge in [0.15, 0.2) is 11.5 Å². The van der Waals surface area contributed by atoms with E-state index in [1.54, 1.807) is 0 Å². The van der Waals surface area contributed by atoms with E-state index < -0.39 is 6.04 Å². The highest BCUT2D eigenvalue weighted by molar-refractivity contribution is 5.44. The number of benzene rings is 2. The molecule has 0 fully saturated rings. The van der Waals surface area contributed by atoms with Gasteiger partial charge in [-0.15, -0.1) is 0 Å². The van der Waals surface area contributed by atoms with Gasteiger partial charge < -0.3 is 20.3 Å². The highest BCUT2D eigenvalue weighted by Gasteiger charge is 2.11. The molecular formula is C17H21NO3. The van der Waals surface area contributed by atoms with Gasteiger partial charge in [-0.3, -0.25) is 0 Å². The van der Waals surface area contributed by atoms with Gasteiger partial charge in [0, 0.05) is 0 Å². The van der Waals surface area contributed by atoms with E-state index in [0.717, 1.165) is 11.1 Å². The third kappa shape index (κ3) is 4.21. The Bertz CT molecular complexity index is 557. The molecule has 112 valence electrons. The van der Waals surface area contributed by atoms with Crippen molar-refractivity contribution < 1.29 is 14.6 Å². The van der Waals surface area contributed by atoms with Crippen LogP contribution in [0.15, 0.2) is 48.5 Å². The molecule has 2 rings (SSSR count). The molecule has 4 nitrogen and oxygen atoms in total. The summed E-state index contributed by atoms with van der Waals surface area (Å²) < 4.78 is 11.4. The lowest BCUT2D eigenvalue weighted by Gasteiger charge is -2.15. The fraction of sp³-hybridized carbons (Fsp3) is 0.294. The number of ether oxygens (including phenoxy) is 2. The molecule has 0 aliphatic carbocycles. The summed E-state index contributed by atoms with van der Waals surface area (Å²) in [6, 6.07) is 15.0. The summed E-state index contributed by atoms with van der Waals surface area (Å²) >= 11 is 0. The molecule has 3 N–H and O–H groups in total. The van der Waals surface area contributed by atoms with Crippen molar-refractivity contribution in [1.82, 2.24) is 0 Å². The third-order valence-electron chi connectivity index (χ3n) is 3.13. The predicted molar refractivity (Wildman–Crippen MR) is 82.4 cm³/mol. The molecule has 21 heavy (non-hydrogen) atoms. The van der Waals surface area contributed by atoms with Gasteiger partial charge in [0.05, 0.1) is 19.3 Å². The van der Waals surface area contributed by atoms with E-state index in [2.05, 4.69) is 0 Å². The summed E-state index contributed by atoms with van der Waals surface area (Å²) in [7, 11) is 0. The van der Waals surface area contributed by atoms with E-state index in [4.69, 9.17) is 20.3 Å². The topological polar surface area (TPSA) is 64.7 Å². The summed E-state index contributed by atoms with van der Waals surface area (Å²) in [5, 5.41) is 9.13. The van der Waals surface area contributed by atoms with Crippen molar-refractivity contribution in [1.29, 1.82) is 0 Å². The Morgan fingerprint density at radius 1 is 1.05 bits per heavy atom. The van der Waals surface area contributed by atoms with Crippen LogP contribution in [-0.2, 0) is 6.61 Å². The molecule has 2 aromatic rings. The van der Waals surface area contributed by atoms with Crippen molar-refractivity contribution in [3.8, 4) is 11.5 Å². The molecule has 0 heterocycles. The summed E-state index contributed by atoms with van der Waals surface area (Å²) in [5.41, 5.74) is 7.75. The van der Waals surface area contributed by atoms with Crippen molar-refractivity contribution >= 4 is 0 Å². The van der Waals surface area contributed by atoms with E-state index in [1.165, 1.54) is 0 Å². The molecule has 0 aliphatic rings. The maximum absolute atomic E-state index is 9.13. The number of aliphatic hydroxyl groups excluding tert-OH is 1. The number of aliphatic hydroxyl groups is 1. The largest absolute Gasteiger partial charge is 0.490 e. The summed E-state index contributed by atoms with van der Waals surface area (Å²) in [6.07, 6.45) is 0. The Kier molecular flexibility index (Phi) is 5.60. The SMILES string of the molecule is CCOc1cc([C@H](N)CO)ccc1OCc1ccccc1. The van der Waals surface area contributed by atoms with E-state index in [-0.39, 0.29) is 6.61 Å². The normalized spacial score (nSPS) is 12.0. The molecule has 0 radical (unpaired) electrons. The molecule has 0 bridgehead atoms. The summed E-state index contributed by atoms with van der Waals surface area (Å²) in [6.45, 7) is 2.83. The van der Waals surface area contributed by atoms with E-state index in [9.17, 15) is 0 Å². The lowest BCUT2D eigenvalue weighted by Crippen LogP contribution is -2.14. The van der Waals surface area contributed by atoms with E-state index in [0.29, 0.717) is 24.7 Å². The zero-order chi connectivity index (χ0) is 15.1. The van der Waals surface area contributed by atoms with Gasteiger partial charge in [-0.05, 0) is 30.2 Å². The highest BCUT2D eigenvalue weighted by atomic mass is 16.5. The second kappa shape index (κ2) is 7.67. The summed E-state index contributed by atoms with van der Waals surface area (Å²) in [4.78, 5) is 0. The van der Waals surface area contributed by atoms with Crippen LogP contribution < -0.4 is 15.2 Å². The van der Waals surface area contributed by atoms with Gasteiger partial charge >= 0.3 is 0 Å². The van der Waals surface area contributed by atoms with Crippen LogP contribution in [-0.4, -0.2) is 18.3 Å². The van der Waals surface area contributed by atoms with Crippen LogP contribution in [0.2, 0.25) is 0 Å². The smallest absolute Gasteiger partial charge is 0.161 e. The fourth-order valence-corrected chi connectivity index (χ4v) is 1.98. The van der Waals surface area contributed by atoms with Gasteiger partial charge in [0.25, 0.3) is 0 Å². The van der Waals surface area contributed by atoms with Crippen LogP contribution in [0.4, 0.5) is 0 Å². The van der Waals surface area contributed by atoms with Gasteiger partial charge in [0.1, 0.15) is 6.61 Å². The number of hydrogen-bond donors (Lipinski definition) is 2. The standard InChI is InChI=1S/C17H21NO3/c1-2-20-17-10-14(15(18)11-19)8-9-16(17)21-12-13-6-4-3-5-7-13/h3-10,15,19H,2,11-12,18H2,1H3/t15-/m1/s1. The fourth-order valence-electron chi connectivity index (χ4n) is 1.98. The molecule has 0 aliphatic heterocycles. The molecule has 0 spiro atoms. The Morgan fingerprint density at radius 2 is 1.81 bits per heavy atom. The summed E-state index contributed by atoms with van der Waals surface area (Å²) in [5.74, 6) is 1.32. The average Bonchev–Trinajstić information content (AvgIpc) is 2.54. The minimum Gasteiger partial charge on any atom is -0.490 e.